The van der Waals surface area contributed by atoms with Crippen LogP contribution in [-0.4, -0.2) is 55.5 Å². The predicted molar refractivity (Wildman–Crippen MR) is 109 cm³/mol. The number of sulfonamides is 1. The van der Waals surface area contributed by atoms with Crippen LogP contribution in [0.1, 0.15) is 11.1 Å². The molecule has 0 saturated carbocycles. The number of aryl methyl sites for hydroxylation is 1. The van der Waals surface area contributed by atoms with Gasteiger partial charge >= 0.3 is 0 Å². The van der Waals surface area contributed by atoms with Gasteiger partial charge in [-0.3, -0.25) is 4.79 Å². The van der Waals surface area contributed by atoms with Gasteiger partial charge in [-0.05, 0) is 36.8 Å². The second-order valence-electron chi connectivity index (χ2n) is 6.72. The predicted octanol–water partition coefficient (Wildman–Crippen LogP) is 2.90. The fraction of sp³-hybridized carbons (Fsp3) is 0.350. The summed E-state index contributed by atoms with van der Waals surface area (Å²) in [6.45, 7) is 3.28. The zero-order chi connectivity index (χ0) is 20.1. The van der Waals surface area contributed by atoms with Crippen LogP contribution < -0.4 is 0 Å². The number of benzene rings is 2. The highest BCUT2D eigenvalue weighted by Gasteiger charge is 2.29. The molecule has 28 heavy (non-hydrogen) atoms. The van der Waals surface area contributed by atoms with Gasteiger partial charge in [0.15, 0.2) is 0 Å². The van der Waals surface area contributed by atoms with Crippen molar-refractivity contribution in [2.45, 2.75) is 17.6 Å². The summed E-state index contributed by atoms with van der Waals surface area (Å²) in [7, 11) is -3.52. The van der Waals surface area contributed by atoms with Crippen molar-refractivity contribution in [3.8, 4) is 0 Å². The third-order valence-corrected chi connectivity index (χ3v) is 7.56. The van der Waals surface area contributed by atoms with Crippen LogP contribution in [0.5, 0.6) is 0 Å². The third-order valence-electron chi connectivity index (χ3n) is 4.66. The molecule has 1 heterocycles. The van der Waals surface area contributed by atoms with Gasteiger partial charge in [-0.25, -0.2) is 12.8 Å². The van der Waals surface area contributed by atoms with E-state index in [1.54, 1.807) is 41.3 Å². The minimum atomic E-state index is -3.52. The number of rotatable bonds is 6. The molecule has 150 valence electrons. The van der Waals surface area contributed by atoms with E-state index in [4.69, 9.17) is 0 Å². The second-order valence-corrected chi connectivity index (χ2v) is 9.64. The van der Waals surface area contributed by atoms with E-state index in [0.29, 0.717) is 37.7 Å². The molecule has 5 nitrogen and oxygen atoms in total. The van der Waals surface area contributed by atoms with Crippen molar-refractivity contribution in [3.63, 3.8) is 0 Å². The van der Waals surface area contributed by atoms with E-state index < -0.39 is 10.0 Å². The zero-order valence-corrected chi connectivity index (χ0v) is 17.3. The molecule has 0 spiro atoms. The summed E-state index contributed by atoms with van der Waals surface area (Å²) in [5.41, 5.74) is 1.97. The molecule has 0 unspecified atom stereocenters. The maximum absolute atomic E-state index is 12.9. The summed E-state index contributed by atoms with van der Waals surface area (Å²) in [6, 6.07) is 13.0. The van der Waals surface area contributed by atoms with Crippen LogP contribution in [0.2, 0.25) is 0 Å². The van der Waals surface area contributed by atoms with E-state index >= 15 is 0 Å². The highest BCUT2D eigenvalue weighted by atomic mass is 32.2. The Kier molecular flexibility index (Phi) is 6.74. The average molecular weight is 423 g/mol. The largest absolute Gasteiger partial charge is 0.339 e. The first-order chi connectivity index (χ1) is 13.4. The van der Waals surface area contributed by atoms with Crippen LogP contribution in [0, 0.1) is 12.7 Å². The Balaban J connectivity index is 1.48. The van der Waals surface area contributed by atoms with Crippen LogP contribution in [-0.2, 0) is 20.6 Å². The first kappa shape index (κ1) is 20.8. The summed E-state index contributed by atoms with van der Waals surface area (Å²) >= 11 is 1.47. The summed E-state index contributed by atoms with van der Waals surface area (Å²) in [6.07, 6.45) is 0. The maximum atomic E-state index is 12.9. The van der Waals surface area contributed by atoms with E-state index in [1.807, 2.05) is 6.92 Å². The van der Waals surface area contributed by atoms with Crippen LogP contribution in [0.15, 0.2) is 53.4 Å². The Morgan fingerprint density at radius 1 is 1.00 bits per heavy atom. The molecule has 0 aliphatic carbocycles. The van der Waals surface area contributed by atoms with E-state index in [2.05, 4.69) is 0 Å². The zero-order valence-electron chi connectivity index (χ0n) is 15.7. The van der Waals surface area contributed by atoms with Gasteiger partial charge in [-0.1, -0.05) is 29.8 Å². The monoisotopic (exact) mass is 422 g/mol. The van der Waals surface area contributed by atoms with Gasteiger partial charge in [0.25, 0.3) is 0 Å². The van der Waals surface area contributed by atoms with Crippen molar-refractivity contribution in [1.82, 2.24) is 9.21 Å². The lowest BCUT2D eigenvalue weighted by Gasteiger charge is -2.34. The van der Waals surface area contributed by atoms with Crippen LogP contribution in [0.4, 0.5) is 4.39 Å². The van der Waals surface area contributed by atoms with Crippen LogP contribution in [0.25, 0.3) is 0 Å². The van der Waals surface area contributed by atoms with Crippen molar-refractivity contribution in [2.75, 3.05) is 31.9 Å². The maximum Gasteiger partial charge on any atom is 0.243 e. The van der Waals surface area contributed by atoms with E-state index in [0.717, 1.165) is 11.1 Å². The van der Waals surface area contributed by atoms with E-state index in [9.17, 15) is 17.6 Å². The smallest absolute Gasteiger partial charge is 0.243 e. The van der Waals surface area contributed by atoms with Crippen LogP contribution >= 0.6 is 11.8 Å². The van der Waals surface area contributed by atoms with Gasteiger partial charge in [0, 0.05) is 31.9 Å². The van der Waals surface area contributed by atoms with Crippen molar-refractivity contribution < 1.29 is 17.6 Å². The molecule has 2 aromatic rings. The molecule has 1 amide bonds. The molecule has 1 aliphatic heterocycles. The number of carbonyl (C=O) groups excluding carboxylic acids is 1. The molecule has 1 saturated heterocycles. The molecule has 3 rings (SSSR count). The van der Waals surface area contributed by atoms with Crippen molar-refractivity contribution in [3.05, 3.63) is 65.5 Å². The Bertz CT molecular complexity index is 907. The Labute approximate surface area is 169 Å². The highest BCUT2D eigenvalue weighted by Crippen LogP contribution is 2.19. The van der Waals surface area contributed by atoms with Crippen molar-refractivity contribution in [2.24, 2.45) is 0 Å². The second kappa shape index (κ2) is 9.07. The quantitative estimate of drug-likeness (QED) is 0.718. The fourth-order valence-corrected chi connectivity index (χ4v) is 5.27. The SMILES string of the molecule is Cc1ccc(S(=O)(=O)N2CCN(C(=O)CSCc3ccc(F)cc3)CC2)cc1. The molecular weight excluding hydrogens is 399 g/mol. The average Bonchev–Trinajstić information content (AvgIpc) is 2.70. The summed E-state index contributed by atoms with van der Waals surface area (Å²) in [4.78, 5) is 14.4. The van der Waals surface area contributed by atoms with Crippen LogP contribution in [0.3, 0.4) is 0 Å². The Morgan fingerprint density at radius 3 is 2.21 bits per heavy atom. The molecule has 0 atom stereocenters. The van der Waals surface area contributed by atoms with Gasteiger partial charge < -0.3 is 4.90 Å². The Hall–Kier alpha value is -1.90. The van der Waals surface area contributed by atoms with E-state index in [1.165, 1.54) is 28.2 Å². The molecule has 0 N–H and O–H groups in total. The van der Waals surface area contributed by atoms with Crippen molar-refractivity contribution >= 4 is 27.7 Å². The number of piperazine rings is 1. The number of halogens is 1. The van der Waals surface area contributed by atoms with E-state index in [-0.39, 0.29) is 16.6 Å². The molecule has 0 aromatic heterocycles. The molecular formula is C20H23FN2O3S2. The number of amides is 1. The highest BCUT2D eigenvalue weighted by molar-refractivity contribution is 7.99. The minimum absolute atomic E-state index is 0.000467. The Morgan fingerprint density at radius 2 is 1.61 bits per heavy atom. The van der Waals surface area contributed by atoms with Gasteiger partial charge in [0.05, 0.1) is 10.6 Å². The molecule has 1 fully saturated rings. The van der Waals surface area contributed by atoms with Crippen molar-refractivity contribution in [1.29, 1.82) is 0 Å². The molecule has 8 heteroatoms. The van der Waals surface area contributed by atoms with Gasteiger partial charge in [-0.2, -0.15) is 4.31 Å². The van der Waals surface area contributed by atoms with Gasteiger partial charge in [0.2, 0.25) is 15.9 Å². The first-order valence-corrected chi connectivity index (χ1v) is 11.6. The topological polar surface area (TPSA) is 57.7 Å². The molecule has 0 bridgehead atoms. The lowest BCUT2D eigenvalue weighted by molar-refractivity contribution is -0.129. The number of carbonyl (C=O) groups is 1. The molecule has 0 radical (unpaired) electrons. The number of hydrogen-bond acceptors (Lipinski definition) is 4. The lowest BCUT2D eigenvalue weighted by atomic mass is 10.2. The summed E-state index contributed by atoms with van der Waals surface area (Å²) in [5.74, 6) is 0.679. The molecule has 2 aromatic carbocycles. The van der Waals surface area contributed by atoms with Gasteiger partial charge in [0.1, 0.15) is 5.82 Å². The number of thioether (sulfide) groups is 1. The summed E-state index contributed by atoms with van der Waals surface area (Å²) < 4.78 is 39.8. The lowest BCUT2D eigenvalue weighted by Crippen LogP contribution is -2.50. The standard InChI is InChI=1S/C20H23FN2O3S2/c1-16-2-8-19(9-3-16)28(25,26)23-12-10-22(11-13-23)20(24)15-27-14-17-4-6-18(21)7-5-17/h2-9H,10-15H2,1H3. The fourth-order valence-electron chi connectivity index (χ4n) is 2.97. The molecule has 1 aliphatic rings. The number of nitrogens with zero attached hydrogens (tertiary/aromatic N) is 2. The van der Waals surface area contributed by atoms with Gasteiger partial charge in [-0.15, -0.1) is 11.8 Å². The summed E-state index contributed by atoms with van der Waals surface area (Å²) in [5, 5.41) is 0. The normalized spacial score (nSPS) is 15.6. The minimum Gasteiger partial charge on any atom is -0.339 e. The first-order valence-electron chi connectivity index (χ1n) is 9.03. The third kappa shape index (κ3) is 5.12. The number of hydrogen-bond donors (Lipinski definition) is 0.